The number of carbonyl (C=O) groups is 2. The van der Waals surface area contributed by atoms with Gasteiger partial charge >= 0.3 is 6.36 Å². The summed E-state index contributed by atoms with van der Waals surface area (Å²) in [6, 6.07) is 12.0. The van der Waals surface area contributed by atoms with Gasteiger partial charge in [0.05, 0.1) is 22.3 Å². The van der Waals surface area contributed by atoms with Crippen molar-refractivity contribution in [2.24, 2.45) is 0 Å². The standard InChI is InChI=1S/C21H19F3N6O3S/c1-12(17(31)29-16-7-5-4-6-15(16)25-18(32)20(29,2)3)34-19-26-27-28-30(19)13-8-10-14(11-9-13)33-21(22,23)24/h4-12H,1-3H3,(H,25,32). The smallest absolute Gasteiger partial charge is 0.406 e. The fraction of sp³-hybridized carbons (Fsp3) is 0.286. The number of para-hydroxylation sites is 2. The van der Waals surface area contributed by atoms with Gasteiger partial charge < -0.3 is 10.1 Å². The number of nitrogens with one attached hydrogen (secondary N) is 1. The van der Waals surface area contributed by atoms with Crippen molar-refractivity contribution in [2.45, 2.75) is 43.1 Å². The quantitative estimate of drug-likeness (QED) is 0.541. The maximum absolute atomic E-state index is 13.5. The number of hydrogen-bond donors (Lipinski definition) is 1. The largest absolute Gasteiger partial charge is 0.573 e. The van der Waals surface area contributed by atoms with Gasteiger partial charge in [-0.1, -0.05) is 23.9 Å². The first-order chi connectivity index (χ1) is 16.0. The van der Waals surface area contributed by atoms with Crippen LogP contribution in [0.15, 0.2) is 53.7 Å². The third-order valence-corrected chi connectivity index (χ3v) is 6.13. The van der Waals surface area contributed by atoms with Crippen molar-refractivity contribution in [3.8, 4) is 11.4 Å². The molecule has 1 N–H and O–H groups in total. The second-order valence-corrected chi connectivity index (χ2v) is 9.19. The Hall–Kier alpha value is -3.61. The third kappa shape index (κ3) is 4.55. The van der Waals surface area contributed by atoms with E-state index in [2.05, 4.69) is 25.6 Å². The van der Waals surface area contributed by atoms with E-state index in [4.69, 9.17) is 0 Å². The van der Waals surface area contributed by atoms with Crippen LogP contribution in [0.2, 0.25) is 0 Å². The molecule has 0 fully saturated rings. The van der Waals surface area contributed by atoms with Crippen molar-refractivity contribution in [3.63, 3.8) is 0 Å². The van der Waals surface area contributed by atoms with Gasteiger partial charge in [-0.2, -0.15) is 4.68 Å². The van der Waals surface area contributed by atoms with E-state index in [0.29, 0.717) is 17.1 Å². The van der Waals surface area contributed by atoms with Crippen molar-refractivity contribution < 1.29 is 27.5 Å². The number of benzene rings is 2. The van der Waals surface area contributed by atoms with E-state index in [1.165, 1.54) is 21.7 Å². The second-order valence-electron chi connectivity index (χ2n) is 7.88. The number of anilines is 2. The predicted molar refractivity (Wildman–Crippen MR) is 118 cm³/mol. The van der Waals surface area contributed by atoms with Gasteiger partial charge in [0, 0.05) is 0 Å². The fourth-order valence-electron chi connectivity index (χ4n) is 3.44. The van der Waals surface area contributed by atoms with Crippen molar-refractivity contribution >= 4 is 35.0 Å². The highest BCUT2D eigenvalue weighted by atomic mass is 32.2. The number of nitrogens with zero attached hydrogens (tertiary/aromatic N) is 5. The molecule has 1 aliphatic heterocycles. The lowest BCUT2D eigenvalue weighted by Crippen LogP contribution is -2.60. The molecule has 0 aliphatic carbocycles. The molecule has 0 saturated carbocycles. The molecule has 0 saturated heterocycles. The molecule has 2 amide bonds. The van der Waals surface area contributed by atoms with E-state index in [9.17, 15) is 22.8 Å². The van der Waals surface area contributed by atoms with Gasteiger partial charge in [0.25, 0.3) is 0 Å². The maximum atomic E-state index is 13.5. The highest BCUT2D eigenvalue weighted by molar-refractivity contribution is 8.00. The normalized spacial score (nSPS) is 15.9. The minimum Gasteiger partial charge on any atom is -0.406 e. The lowest BCUT2D eigenvalue weighted by Gasteiger charge is -2.42. The van der Waals surface area contributed by atoms with Crippen molar-refractivity contribution in [3.05, 3.63) is 48.5 Å². The SMILES string of the molecule is CC(Sc1nnnn1-c1ccc(OC(F)(F)F)cc1)C(=O)N1c2ccccc2NC(=O)C1(C)C. The van der Waals surface area contributed by atoms with Crippen LogP contribution in [0.5, 0.6) is 5.75 Å². The number of aromatic nitrogens is 4. The van der Waals surface area contributed by atoms with Crippen LogP contribution in [0.25, 0.3) is 5.69 Å². The Morgan fingerprint density at radius 1 is 1.15 bits per heavy atom. The highest BCUT2D eigenvalue weighted by Crippen LogP contribution is 2.38. The van der Waals surface area contributed by atoms with Crippen LogP contribution in [-0.4, -0.2) is 49.2 Å². The van der Waals surface area contributed by atoms with E-state index in [1.807, 2.05) is 0 Å². The summed E-state index contributed by atoms with van der Waals surface area (Å²) in [6.45, 7) is 4.97. The first kappa shape index (κ1) is 23.5. The number of amides is 2. The van der Waals surface area contributed by atoms with E-state index >= 15 is 0 Å². The summed E-state index contributed by atoms with van der Waals surface area (Å²) in [6.07, 6.45) is -4.80. The maximum Gasteiger partial charge on any atom is 0.573 e. The summed E-state index contributed by atoms with van der Waals surface area (Å²) in [5.41, 5.74) is 0.345. The molecule has 3 aromatic rings. The molecule has 4 rings (SSSR count). The predicted octanol–water partition coefficient (Wildman–Crippen LogP) is 3.81. The first-order valence-electron chi connectivity index (χ1n) is 10.0. The van der Waals surface area contributed by atoms with Crippen LogP contribution in [0, 0.1) is 0 Å². The number of tetrazole rings is 1. The van der Waals surface area contributed by atoms with Crippen molar-refractivity contribution in [2.75, 3.05) is 10.2 Å². The molecule has 0 bridgehead atoms. The van der Waals surface area contributed by atoms with E-state index < -0.39 is 17.2 Å². The van der Waals surface area contributed by atoms with Crippen LogP contribution >= 0.6 is 11.8 Å². The molecule has 1 aromatic heterocycles. The number of halogens is 3. The lowest BCUT2D eigenvalue weighted by molar-refractivity contribution is -0.274. The van der Waals surface area contributed by atoms with Gasteiger partial charge in [0.2, 0.25) is 17.0 Å². The number of hydrogen-bond acceptors (Lipinski definition) is 7. The van der Waals surface area contributed by atoms with Crippen LogP contribution in [0.1, 0.15) is 20.8 Å². The molecule has 0 spiro atoms. The number of thioether (sulfide) groups is 1. The summed E-state index contributed by atoms with van der Waals surface area (Å²) in [5, 5.41) is 13.8. The fourth-order valence-corrected chi connectivity index (χ4v) is 4.29. The van der Waals surface area contributed by atoms with Crippen LogP contribution in [-0.2, 0) is 9.59 Å². The molecular formula is C21H19F3N6O3S. The molecule has 13 heteroatoms. The van der Waals surface area contributed by atoms with Gasteiger partial charge in [0.15, 0.2) is 0 Å². The zero-order chi connectivity index (χ0) is 24.7. The minimum absolute atomic E-state index is 0.248. The molecule has 9 nitrogen and oxygen atoms in total. The van der Waals surface area contributed by atoms with Gasteiger partial charge in [-0.3, -0.25) is 14.5 Å². The molecular weight excluding hydrogens is 473 g/mol. The number of carbonyl (C=O) groups excluding carboxylic acids is 2. The summed E-state index contributed by atoms with van der Waals surface area (Å²) in [5.74, 6) is -1.03. The number of alkyl halides is 3. The molecule has 0 radical (unpaired) electrons. The van der Waals surface area contributed by atoms with E-state index in [-0.39, 0.29) is 22.7 Å². The Labute approximate surface area is 196 Å². The zero-order valence-electron chi connectivity index (χ0n) is 18.2. The molecule has 1 atom stereocenters. The summed E-state index contributed by atoms with van der Waals surface area (Å²) in [7, 11) is 0. The number of fused-ring (bicyclic) bond motifs is 1. The number of ether oxygens (including phenoxy) is 1. The Bertz CT molecular complexity index is 1230. The third-order valence-electron chi connectivity index (χ3n) is 5.11. The van der Waals surface area contributed by atoms with E-state index in [0.717, 1.165) is 23.9 Å². The summed E-state index contributed by atoms with van der Waals surface area (Å²) >= 11 is 1.06. The Kier molecular flexibility index (Phi) is 5.98. The van der Waals surface area contributed by atoms with E-state index in [1.54, 1.807) is 45.0 Å². The molecule has 1 unspecified atom stereocenters. The lowest BCUT2D eigenvalue weighted by atomic mass is 9.96. The molecule has 1 aliphatic rings. The zero-order valence-corrected chi connectivity index (χ0v) is 19.0. The Morgan fingerprint density at radius 3 is 2.50 bits per heavy atom. The summed E-state index contributed by atoms with van der Waals surface area (Å²) < 4.78 is 42.4. The molecule has 178 valence electrons. The molecule has 34 heavy (non-hydrogen) atoms. The van der Waals surface area contributed by atoms with Gasteiger partial charge in [0.1, 0.15) is 11.3 Å². The van der Waals surface area contributed by atoms with Gasteiger partial charge in [-0.05, 0) is 67.6 Å². The Balaban J connectivity index is 1.57. The minimum atomic E-state index is -4.80. The van der Waals surface area contributed by atoms with Crippen molar-refractivity contribution in [1.29, 1.82) is 0 Å². The topological polar surface area (TPSA) is 102 Å². The average Bonchev–Trinajstić information content (AvgIpc) is 3.21. The molecule has 2 aromatic carbocycles. The van der Waals surface area contributed by atoms with Crippen LogP contribution < -0.4 is 15.0 Å². The second kappa shape index (κ2) is 8.63. The van der Waals surface area contributed by atoms with Crippen LogP contribution in [0.4, 0.5) is 24.5 Å². The number of rotatable bonds is 5. The van der Waals surface area contributed by atoms with Gasteiger partial charge in [-0.25, -0.2) is 0 Å². The average molecular weight is 492 g/mol. The first-order valence-corrected chi connectivity index (χ1v) is 10.9. The van der Waals surface area contributed by atoms with Crippen LogP contribution in [0.3, 0.4) is 0 Å². The monoisotopic (exact) mass is 492 g/mol. The Morgan fingerprint density at radius 2 is 1.82 bits per heavy atom. The van der Waals surface area contributed by atoms with Gasteiger partial charge in [-0.15, -0.1) is 18.3 Å². The molecule has 2 heterocycles. The summed E-state index contributed by atoms with van der Waals surface area (Å²) in [4.78, 5) is 27.6. The van der Waals surface area contributed by atoms with Crippen molar-refractivity contribution in [1.82, 2.24) is 20.2 Å². The highest BCUT2D eigenvalue weighted by Gasteiger charge is 2.45.